The number of benzene rings is 1. The molecule has 0 radical (unpaired) electrons. The third-order valence-electron chi connectivity index (χ3n) is 4.75. The van der Waals surface area contributed by atoms with E-state index in [-0.39, 0.29) is 11.3 Å². The van der Waals surface area contributed by atoms with E-state index in [4.69, 9.17) is 0 Å². The average molecular weight is 366 g/mol. The molecule has 142 valence electrons. The minimum absolute atomic E-state index is 0.00269. The van der Waals surface area contributed by atoms with Gasteiger partial charge in [-0.1, -0.05) is 39.0 Å². The molecule has 3 rings (SSSR count). The number of carbonyl (C=O) groups excluding carboxylic acids is 2. The van der Waals surface area contributed by atoms with Crippen LogP contribution in [0.2, 0.25) is 0 Å². The summed E-state index contributed by atoms with van der Waals surface area (Å²) in [5.74, 6) is -0.0548. The molecule has 27 heavy (non-hydrogen) atoms. The van der Waals surface area contributed by atoms with Gasteiger partial charge in [0.05, 0.1) is 17.4 Å². The number of carbonyl (C=O) groups is 2. The summed E-state index contributed by atoms with van der Waals surface area (Å²) < 4.78 is 0. The Morgan fingerprint density at radius 2 is 1.81 bits per heavy atom. The van der Waals surface area contributed by atoms with E-state index in [0.29, 0.717) is 31.7 Å². The summed E-state index contributed by atoms with van der Waals surface area (Å²) in [6.07, 6.45) is 4.15. The largest absolute Gasteiger partial charge is 0.354 e. The van der Waals surface area contributed by atoms with Gasteiger partial charge < -0.3 is 15.1 Å². The first-order valence-corrected chi connectivity index (χ1v) is 9.18. The summed E-state index contributed by atoms with van der Waals surface area (Å²) in [6, 6.07) is 10.0. The van der Waals surface area contributed by atoms with E-state index in [9.17, 15) is 9.59 Å². The Labute approximate surface area is 160 Å². The molecule has 0 bridgehead atoms. The van der Waals surface area contributed by atoms with Gasteiger partial charge >= 0.3 is 0 Å². The lowest BCUT2D eigenvalue weighted by molar-refractivity contribution is -0.119. The van der Waals surface area contributed by atoms with Crippen molar-refractivity contribution >= 4 is 23.7 Å². The molecule has 0 saturated carbocycles. The molecule has 0 aliphatic carbocycles. The van der Waals surface area contributed by atoms with Crippen LogP contribution < -0.4 is 5.32 Å². The molecule has 1 aliphatic heterocycles. The van der Waals surface area contributed by atoms with Crippen molar-refractivity contribution in [1.82, 2.24) is 14.8 Å². The van der Waals surface area contributed by atoms with Crippen molar-refractivity contribution in [1.29, 1.82) is 0 Å². The Balaban J connectivity index is 1.77. The van der Waals surface area contributed by atoms with E-state index in [1.165, 1.54) is 5.56 Å². The number of aromatic nitrogens is 1. The standard InChI is InChI=1S/C21H26N4O2/c1-21(2,3)18-6-4-5-7-19(18)23-17-12-16(13-22-14-17)20(27)25-10-8-24(15-26)9-11-25/h4-7,12-15,23H,8-11H2,1-3H3. The summed E-state index contributed by atoms with van der Waals surface area (Å²) in [4.78, 5) is 31.3. The predicted octanol–water partition coefficient (Wildman–Crippen LogP) is 3.04. The Kier molecular flexibility index (Phi) is 5.44. The van der Waals surface area contributed by atoms with Crippen molar-refractivity contribution in [2.75, 3.05) is 31.5 Å². The molecular formula is C21H26N4O2. The number of rotatable bonds is 4. The first-order valence-electron chi connectivity index (χ1n) is 9.18. The number of hydrogen-bond acceptors (Lipinski definition) is 4. The monoisotopic (exact) mass is 366 g/mol. The number of nitrogens with one attached hydrogen (secondary N) is 1. The van der Waals surface area contributed by atoms with Crippen molar-refractivity contribution in [3.8, 4) is 0 Å². The van der Waals surface area contributed by atoms with Gasteiger partial charge in [-0.05, 0) is 23.1 Å². The van der Waals surface area contributed by atoms with Crippen LogP contribution in [-0.4, -0.2) is 53.3 Å². The molecule has 2 amide bonds. The lowest BCUT2D eigenvalue weighted by atomic mass is 9.86. The van der Waals surface area contributed by atoms with E-state index >= 15 is 0 Å². The number of piperazine rings is 1. The highest BCUT2D eigenvalue weighted by molar-refractivity contribution is 5.95. The van der Waals surface area contributed by atoms with Crippen LogP contribution in [0.3, 0.4) is 0 Å². The van der Waals surface area contributed by atoms with Crippen molar-refractivity contribution in [3.05, 3.63) is 53.9 Å². The van der Waals surface area contributed by atoms with E-state index in [0.717, 1.165) is 17.8 Å². The Morgan fingerprint density at radius 1 is 1.11 bits per heavy atom. The molecule has 1 fully saturated rings. The van der Waals surface area contributed by atoms with Crippen molar-refractivity contribution in [2.24, 2.45) is 0 Å². The number of para-hydroxylation sites is 1. The smallest absolute Gasteiger partial charge is 0.255 e. The lowest BCUT2D eigenvalue weighted by Crippen LogP contribution is -2.48. The van der Waals surface area contributed by atoms with Crippen LogP contribution in [0.15, 0.2) is 42.7 Å². The number of hydrogen-bond donors (Lipinski definition) is 1. The minimum atomic E-state index is -0.0548. The average Bonchev–Trinajstić information content (AvgIpc) is 2.67. The molecule has 1 aromatic carbocycles. The number of pyridine rings is 1. The molecule has 0 unspecified atom stereocenters. The minimum Gasteiger partial charge on any atom is -0.354 e. The van der Waals surface area contributed by atoms with Crippen molar-refractivity contribution in [2.45, 2.75) is 26.2 Å². The highest BCUT2D eigenvalue weighted by Crippen LogP contribution is 2.31. The van der Waals surface area contributed by atoms with Crippen molar-refractivity contribution < 1.29 is 9.59 Å². The number of nitrogens with zero attached hydrogens (tertiary/aromatic N) is 3. The predicted molar refractivity (Wildman–Crippen MR) is 106 cm³/mol. The Hall–Kier alpha value is -2.89. The molecule has 0 atom stereocenters. The normalized spacial score (nSPS) is 14.8. The third-order valence-corrected chi connectivity index (χ3v) is 4.75. The first kappa shape index (κ1) is 18.9. The van der Waals surface area contributed by atoms with Gasteiger partial charge in [-0.25, -0.2) is 0 Å². The fourth-order valence-corrected chi connectivity index (χ4v) is 3.24. The van der Waals surface area contributed by atoms with Gasteiger partial charge in [-0.3, -0.25) is 14.6 Å². The molecule has 1 aliphatic rings. The van der Waals surface area contributed by atoms with E-state index in [1.807, 2.05) is 24.3 Å². The fourth-order valence-electron chi connectivity index (χ4n) is 3.24. The summed E-state index contributed by atoms with van der Waals surface area (Å²) in [5, 5.41) is 3.41. The van der Waals surface area contributed by atoms with Gasteiger partial charge in [0, 0.05) is 38.1 Å². The van der Waals surface area contributed by atoms with Gasteiger partial charge in [-0.15, -0.1) is 0 Å². The van der Waals surface area contributed by atoms with Crippen LogP contribution in [0.4, 0.5) is 11.4 Å². The molecule has 1 saturated heterocycles. The van der Waals surface area contributed by atoms with Crippen LogP contribution in [0.25, 0.3) is 0 Å². The van der Waals surface area contributed by atoms with Gasteiger partial charge in [0.15, 0.2) is 0 Å². The highest BCUT2D eigenvalue weighted by atomic mass is 16.2. The van der Waals surface area contributed by atoms with Crippen LogP contribution in [0, 0.1) is 0 Å². The topological polar surface area (TPSA) is 65.5 Å². The van der Waals surface area contributed by atoms with E-state index in [1.54, 1.807) is 22.2 Å². The summed E-state index contributed by atoms with van der Waals surface area (Å²) >= 11 is 0. The zero-order chi connectivity index (χ0) is 19.4. The lowest BCUT2D eigenvalue weighted by Gasteiger charge is -2.32. The van der Waals surface area contributed by atoms with Gasteiger partial charge in [-0.2, -0.15) is 0 Å². The van der Waals surface area contributed by atoms with Gasteiger partial charge in [0.25, 0.3) is 5.91 Å². The third kappa shape index (κ3) is 4.45. The number of amides is 2. The highest BCUT2D eigenvalue weighted by Gasteiger charge is 2.22. The second-order valence-electron chi connectivity index (χ2n) is 7.82. The first-order chi connectivity index (χ1) is 12.9. The zero-order valence-electron chi connectivity index (χ0n) is 16.1. The van der Waals surface area contributed by atoms with Gasteiger partial charge in [0.1, 0.15) is 0 Å². The second kappa shape index (κ2) is 7.78. The molecule has 1 N–H and O–H groups in total. The molecular weight excluding hydrogens is 340 g/mol. The van der Waals surface area contributed by atoms with Gasteiger partial charge in [0.2, 0.25) is 6.41 Å². The molecule has 0 spiro atoms. The quantitative estimate of drug-likeness (QED) is 0.845. The maximum atomic E-state index is 12.8. The number of anilines is 2. The molecule has 6 heteroatoms. The molecule has 1 aromatic heterocycles. The summed E-state index contributed by atoms with van der Waals surface area (Å²) in [7, 11) is 0. The second-order valence-corrected chi connectivity index (χ2v) is 7.82. The maximum absolute atomic E-state index is 12.8. The van der Waals surface area contributed by atoms with Crippen LogP contribution in [0.5, 0.6) is 0 Å². The summed E-state index contributed by atoms with van der Waals surface area (Å²) in [6.45, 7) is 8.74. The van der Waals surface area contributed by atoms with E-state index < -0.39 is 0 Å². The van der Waals surface area contributed by atoms with Crippen LogP contribution in [-0.2, 0) is 10.2 Å². The van der Waals surface area contributed by atoms with E-state index in [2.05, 4.69) is 37.1 Å². The van der Waals surface area contributed by atoms with Crippen LogP contribution in [0.1, 0.15) is 36.7 Å². The summed E-state index contributed by atoms with van der Waals surface area (Å²) in [5.41, 5.74) is 3.54. The zero-order valence-corrected chi connectivity index (χ0v) is 16.1. The Morgan fingerprint density at radius 3 is 2.48 bits per heavy atom. The Bertz CT molecular complexity index is 821. The SMILES string of the molecule is CC(C)(C)c1ccccc1Nc1cncc(C(=O)N2CCN(C=O)CC2)c1. The van der Waals surface area contributed by atoms with Crippen molar-refractivity contribution in [3.63, 3.8) is 0 Å². The molecule has 2 heterocycles. The molecule has 2 aromatic rings. The maximum Gasteiger partial charge on any atom is 0.255 e. The van der Waals surface area contributed by atoms with Crippen LogP contribution >= 0.6 is 0 Å². The molecule has 6 nitrogen and oxygen atoms in total. The fraction of sp³-hybridized carbons (Fsp3) is 0.381.